The van der Waals surface area contributed by atoms with Crippen molar-refractivity contribution in [2.24, 2.45) is 0 Å². The molecule has 1 heterocycles. The van der Waals surface area contributed by atoms with Gasteiger partial charge < -0.3 is 15.7 Å². The van der Waals surface area contributed by atoms with E-state index in [4.69, 9.17) is 0 Å². The van der Waals surface area contributed by atoms with E-state index in [1.807, 2.05) is 34.6 Å². The predicted octanol–water partition coefficient (Wildman–Crippen LogP) is 2.31. The van der Waals surface area contributed by atoms with Gasteiger partial charge in [0.2, 0.25) is 0 Å². The molecule has 3 N–H and O–H groups in total. The molecule has 1 aromatic rings. The highest BCUT2D eigenvalue weighted by Gasteiger charge is 2.24. The molecule has 114 valence electrons. The van der Waals surface area contributed by atoms with Crippen LogP contribution in [0.2, 0.25) is 0 Å². The number of nitrogens with zero attached hydrogens (tertiary/aromatic N) is 2. The number of anilines is 1. The predicted molar refractivity (Wildman–Crippen MR) is 79.8 cm³/mol. The Balaban J connectivity index is 2.65. The quantitative estimate of drug-likeness (QED) is 0.775. The summed E-state index contributed by atoms with van der Waals surface area (Å²) in [6, 6.07) is -0.330. The van der Waals surface area contributed by atoms with Gasteiger partial charge in [-0.1, -0.05) is 13.3 Å². The van der Waals surface area contributed by atoms with Gasteiger partial charge in [-0.15, -0.1) is 0 Å². The molecular formula is C14H26N4O2. The second-order valence-corrected chi connectivity index (χ2v) is 6.39. The van der Waals surface area contributed by atoms with Gasteiger partial charge >= 0.3 is 6.03 Å². The topological polar surface area (TPSA) is 79.2 Å². The lowest BCUT2D eigenvalue weighted by Crippen LogP contribution is -2.50. The molecule has 0 saturated heterocycles. The summed E-state index contributed by atoms with van der Waals surface area (Å²) in [5, 5.41) is 19.1. The Morgan fingerprint density at radius 3 is 2.50 bits per heavy atom. The van der Waals surface area contributed by atoms with Gasteiger partial charge in [-0.05, 0) is 34.1 Å². The molecule has 1 atom stereocenters. The SMILES string of the molecule is CCCC(C)(CO)NC(=O)Nc1cnn(C(C)(C)C)c1. The highest BCUT2D eigenvalue weighted by atomic mass is 16.3. The van der Waals surface area contributed by atoms with Crippen molar-refractivity contribution in [2.75, 3.05) is 11.9 Å². The summed E-state index contributed by atoms with van der Waals surface area (Å²) in [5.74, 6) is 0. The van der Waals surface area contributed by atoms with Crippen LogP contribution in [0.1, 0.15) is 47.5 Å². The number of hydrogen-bond donors (Lipinski definition) is 3. The van der Waals surface area contributed by atoms with Crippen molar-refractivity contribution in [3.05, 3.63) is 12.4 Å². The van der Waals surface area contributed by atoms with E-state index in [0.717, 1.165) is 12.8 Å². The van der Waals surface area contributed by atoms with Crippen LogP contribution in [-0.2, 0) is 5.54 Å². The fourth-order valence-electron chi connectivity index (χ4n) is 1.92. The molecule has 0 aliphatic heterocycles. The molecule has 6 heteroatoms. The van der Waals surface area contributed by atoms with Gasteiger partial charge in [-0.2, -0.15) is 5.10 Å². The Hall–Kier alpha value is -1.56. The third kappa shape index (κ3) is 4.52. The van der Waals surface area contributed by atoms with Crippen LogP contribution in [0.3, 0.4) is 0 Å². The molecule has 1 unspecified atom stereocenters. The van der Waals surface area contributed by atoms with Crippen molar-refractivity contribution in [1.82, 2.24) is 15.1 Å². The average molecular weight is 282 g/mol. The van der Waals surface area contributed by atoms with Gasteiger partial charge in [0, 0.05) is 6.20 Å². The third-order valence-electron chi connectivity index (χ3n) is 3.09. The highest BCUT2D eigenvalue weighted by molar-refractivity contribution is 5.89. The van der Waals surface area contributed by atoms with Gasteiger partial charge in [0.05, 0.1) is 29.6 Å². The zero-order chi connectivity index (χ0) is 15.4. The Kier molecular flexibility index (Phi) is 5.16. The van der Waals surface area contributed by atoms with Crippen LogP contribution in [0.25, 0.3) is 0 Å². The molecule has 1 aromatic heterocycles. The molecule has 0 bridgehead atoms. The molecule has 0 spiro atoms. The maximum absolute atomic E-state index is 12.0. The summed E-state index contributed by atoms with van der Waals surface area (Å²) < 4.78 is 1.79. The minimum absolute atomic E-state index is 0.0878. The van der Waals surface area contributed by atoms with Crippen molar-refractivity contribution in [2.45, 2.75) is 58.5 Å². The van der Waals surface area contributed by atoms with E-state index in [1.165, 1.54) is 0 Å². The first-order chi connectivity index (χ1) is 9.20. The summed E-state index contributed by atoms with van der Waals surface area (Å²) in [4.78, 5) is 12.0. The monoisotopic (exact) mass is 282 g/mol. The first-order valence-electron chi connectivity index (χ1n) is 6.95. The molecule has 6 nitrogen and oxygen atoms in total. The summed E-state index contributed by atoms with van der Waals surface area (Å²) in [6.07, 6.45) is 5.01. The standard InChI is InChI=1S/C14H26N4O2/c1-6-7-14(5,10-19)17-12(20)16-11-8-15-18(9-11)13(2,3)4/h8-9,19H,6-7,10H2,1-5H3,(H2,16,17,20). The fourth-order valence-corrected chi connectivity index (χ4v) is 1.92. The van der Waals surface area contributed by atoms with Crippen LogP contribution in [0.4, 0.5) is 10.5 Å². The maximum atomic E-state index is 12.0. The molecule has 0 aliphatic carbocycles. The van der Waals surface area contributed by atoms with Crippen LogP contribution >= 0.6 is 0 Å². The zero-order valence-electron chi connectivity index (χ0n) is 13.0. The van der Waals surface area contributed by atoms with Crippen molar-refractivity contribution in [3.8, 4) is 0 Å². The Morgan fingerprint density at radius 2 is 2.05 bits per heavy atom. The zero-order valence-corrected chi connectivity index (χ0v) is 13.0. The average Bonchev–Trinajstić information content (AvgIpc) is 2.77. The van der Waals surface area contributed by atoms with Crippen LogP contribution in [0.5, 0.6) is 0 Å². The van der Waals surface area contributed by atoms with Crippen LogP contribution in [0.15, 0.2) is 12.4 Å². The van der Waals surface area contributed by atoms with Crippen LogP contribution < -0.4 is 10.6 Å². The molecule has 0 radical (unpaired) electrons. The van der Waals surface area contributed by atoms with Gasteiger partial charge in [0.1, 0.15) is 0 Å². The summed E-state index contributed by atoms with van der Waals surface area (Å²) in [5.41, 5.74) is -0.0916. The largest absolute Gasteiger partial charge is 0.394 e. The van der Waals surface area contributed by atoms with Gasteiger partial charge in [0.15, 0.2) is 0 Å². The number of hydrogen-bond acceptors (Lipinski definition) is 3. The fraction of sp³-hybridized carbons (Fsp3) is 0.714. The number of aliphatic hydroxyl groups is 1. The Bertz CT molecular complexity index is 450. The van der Waals surface area contributed by atoms with E-state index < -0.39 is 5.54 Å². The molecule has 20 heavy (non-hydrogen) atoms. The van der Waals surface area contributed by atoms with Crippen molar-refractivity contribution < 1.29 is 9.90 Å². The first-order valence-corrected chi connectivity index (χ1v) is 6.95. The number of nitrogens with one attached hydrogen (secondary N) is 2. The first kappa shape index (κ1) is 16.5. The number of aromatic nitrogens is 2. The van der Waals surface area contributed by atoms with Crippen molar-refractivity contribution in [1.29, 1.82) is 0 Å². The Labute approximate surface area is 120 Å². The van der Waals surface area contributed by atoms with E-state index in [0.29, 0.717) is 5.69 Å². The second-order valence-electron chi connectivity index (χ2n) is 6.39. The van der Waals surface area contributed by atoms with E-state index in [2.05, 4.69) is 15.7 Å². The summed E-state index contributed by atoms with van der Waals surface area (Å²) in [6.45, 7) is 9.86. The number of amides is 2. The highest BCUT2D eigenvalue weighted by Crippen LogP contribution is 2.16. The minimum atomic E-state index is -0.598. The van der Waals surface area contributed by atoms with Crippen LogP contribution in [-0.4, -0.2) is 33.1 Å². The van der Waals surface area contributed by atoms with Crippen LogP contribution in [0, 0.1) is 0 Å². The van der Waals surface area contributed by atoms with E-state index in [9.17, 15) is 9.90 Å². The number of carbonyl (C=O) groups is 1. The molecule has 0 saturated carbocycles. The lowest BCUT2D eigenvalue weighted by atomic mass is 9.98. The number of aliphatic hydroxyl groups excluding tert-OH is 1. The lowest BCUT2D eigenvalue weighted by Gasteiger charge is -2.28. The Morgan fingerprint density at radius 1 is 1.40 bits per heavy atom. The smallest absolute Gasteiger partial charge is 0.319 e. The van der Waals surface area contributed by atoms with Gasteiger partial charge in [-0.25, -0.2) is 4.79 Å². The van der Waals surface area contributed by atoms with Gasteiger partial charge in [0.25, 0.3) is 0 Å². The maximum Gasteiger partial charge on any atom is 0.319 e. The van der Waals surface area contributed by atoms with Crippen molar-refractivity contribution in [3.63, 3.8) is 0 Å². The third-order valence-corrected chi connectivity index (χ3v) is 3.09. The summed E-state index contributed by atoms with van der Waals surface area (Å²) in [7, 11) is 0. The molecule has 1 rings (SSSR count). The number of carbonyl (C=O) groups excluding carboxylic acids is 1. The minimum Gasteiger partial charge on any atom is -0.394 e. The number of urea groups is 1. The molecule has 0 aromatic carbocycles. The van der Waals surface area contributed by atoms with E-state index >= 15 is 0 Å². The summed E-state index contributed by atoms with van der Waals surface area (Å²) >= 11 is 0. The normalized spacial score (nSPS) is 14.7. The molecule has 0 fully saturated rings. The molecule has 2 amide bonds. The van der Waals surface area contributed by atoms with E-state index in [-0.39, 0.29) is 18.2 Å². The molecule has 0 aliphatic rings. The van der Waals surface area contributed by atoms with Crippen molar-refractivity contribution >= 4 is 11.7 Å². The molecular weight excluding hydrogens is 256 g/mol. The van der Waals surface area contributed by atoms with Gasteiger partial charge in [-0.3, -0.25) is 4.68 Å². The lowest BCUT2D eigenvalue weighted by molar-refractivity contribution is 0.167. The van der Waals surface area contributed by atoms with E-state index in [1.54, 1.807) is 17.1 Å². The second kappa shape index (κ2) is 6.26. The number of rotatable bonds is 5.